The number of amides is 1. The molecular formula is C16H25N3O. The third-order valence-electron chi connectivity index (χ3n) is 4.38. The number of hydrogen-bond donors (Lipinski definition) is 2. The van der Waals surface area contributed by atoms with Gasteiger partial charge >= 0.3 is 0 Å². The number of rotatable bonds is 4. The minimum absolute atomic E-state index is 0.144. The first kappa shape index (κ1) is 14.9. The van der Waals surface area contributed by atoms with Gasteiger partial charge in [-0.05, 0) is 50.1 Å². The minimum Gasteiger partial charge on any atom is -0.378 e. The maximum Gasteiger partial charge on any atom is 0.231 e. The molecule has 0 aliphatic carbocycles. The second kappa shape index (κ2) is 5.83. The van der Waals surface area contributed by atoms with E-state index >= 15 is 0 Å². The van der Waals surface area contributed by atoms with Crippen molar-refractivity contribution in [2.45, 2.75) is 26.7 Å². The Labute approximate surface area is 121 Å². The normalized spacial score (nSPS) is 21.8. The lowest BCUT2D eigenvalue weighted by atomic mass is 9.83. The molecule has 20 heavy (non-hydrogen) atoms. The summed E-state index contributed by atoms with van der Waals surface area (Å²) >= 11 is 0. The van der Waals surface area contributed by atoms with Gasteiger partial charge in [0, 0.05) is 32.0 Å². The third-order valence-corrected chi connectivity index (χ3v) is 4.38. The predicted octanol–water partition coefficient (Wildman–Crippen LogP) is 2.39. The molecule has 2 rings (SSSR count). The van der Waals surface area contributed by atoms with Crippen LogP contribution in [0.4, 0.5) is 11.4 Å². The van der Waals surface area contributed by atoms with Gasteiger partial charge in [0.05, 0.1) is 5.41 Å². The molecule has 4 heteroatoms. The molecule has 4 nitrogen and oxygen atoms in total. The van der Waals surface area contributed by atoms with Crippen molar-refractivity contribution in [3.05, 3.63) is 23.8 Å². The number of nitrogens with zero attached hydrogens (tertiary/aromatic N) is 1. The van der Waals surface area contributed by atoms with Crippen molar-refractivity contribution in [2.24, 2.45) is 5.41 Å². The van der Waals surface area contributed by atoms with E-state index in [1.54, 1.807) is 0 Å². The number of hydrogen-bond acceptors (Lipinski definition) is 3. The molecule has 0 saturated carbocycles. The Morgan fingerprint density at radius 2 is 2.20 bits per heavy atom. The number of carbonyl (C=O) groups excluding carboxylic acids is 1. The third kappa shape index (κ3) is 2.80. The van der Waals surface area contributed by atoms with E-state index in [1.165, 1.54) is 0 Å². The van der Waals surface area contributed by atoms with E-state index in [4.69, 9.17) is 0 Å². The van der Waals surface area contributed by atoms with Crippen LogP contribution in [0.2, 0.25) is 0 Å². The highest BCUT2D eigenvalue weighted by Gasteiger charge is 2.39. The second-order valence-electron chi connectivity index (χ2n) is 5.91. The summed E-state index contributed by atoms with van der Waals surface area (Å²) in [5.41, 5.74) is 2.92. The Morgan fingerprint density at radius 3 is 2.70 bits per heavy atom. The lowest BCUT2D eigenvalue weighted by molar-refractivity contribution is -0.124. The van der Waals surface area contributed by atoms with Crippen molar-refractivity contribution < 1.29 is 4.79 Å². The quantitative estimate of drug-likeness (QED) is 0.887. The highest BCUT2D eigenvalue weighted by Crippen LogP contribution is 2.32. The molecule has 1 heterocycles. The van der Waals surface area contributed by atoms with Crippen LogP contribution in [0.3, 0.4) is 0 Å². The maximum atomic E-state index is 12.6. The van der Waals surface area contributed by atoms with Crippen molar-refractivity contribution in [3.8, 4) is 0 Å². The molecule has 1 aliphatic heterocycles. The van der Waals surface area contributed by atoms with E-state index in [2.05, 4.69) is 28.5 Å². The zero-order valence-electron chi connectivity index (χ0n) is 12.9. The van der Waals surface area contributed by atoms with Gasteiger partial charge in [0.1, 0.15) is 0 Å². The maximum absolute atomic E-state index is 12.6. The second-order valence-corrected chi connectivity index (χ2v) is 5.91. The molecule has 0 radical (unpaired) electrons. The van der Waals surface area contributed by atoms with Gasteiger partial charge in [-0.2, -0.15) is 0 Å². The van der Waals surface area contributed by atoms with Gasteiger partial charge < -0.3 is 15.5 Å². The number of aryl methyl sites for hydroxylation is 1. The lowest BCUT2D eigenvalue weighted by Crippen LogP contribution is -2.37. The van der Waals surface area contributed by atoms with E-state index in [-0.39, 0.29) is 11.3 Å². The summed E-state index contributed by atoms with van der Waals surface area (Å²) in [6, 6.07) is 6.13. The molecule has 110 valence electrons. The van der Waals surface area contributed by atoms with Crippen molar-refractivity contribution in [1.29, 1.82) is 0 Å². The SMILES string of the molecule is CCC1(C(=O)Nc2ccc(N(C)C)cc2C)CCNC1. The Morgan fingerprint density at radius 1 is 1.45 bits per heavy atom. The summed E-state index contributed by atoms with van der Waals surface area (Å²) in [5, 5.41) is 6.41. The first-order valence-electron chi connectivity index (χ1n) is 7.29. The lowest BCUT2D eigenvalue weighted by Gasteiger charge is -2.26. The average molecular weight is 275 g/mol. The zero-order chi connectivity index (χ0) is 14.8. The molecular weight excluding hydrogens is 250 g/mol. The molecule has 1 saturated heterocycles. The van der Waals surface area contributed by atoms with Gasteiger partial charge in [0.15, 0.2) is 0 Å². The molecule has 0 aromatic heterocycles. The standard InChI is InChI=1S/C16H25N3O/c1-5-16(8-9-17-11-16)15(20)18-14-7-6-13(19(3)4)10-12(14)2/h6-7,10,17H,5,8-9,11H2,1-4H3,(H,18,20). The molecule has 1 unspecified atom stereocenters. The van der Waals surface area contributed by atoms with Crippen LogP contribution in [-0.4, -0.2) is 33.1 Å². The number of anilines is 2. The van der Waals surface area contributed by atoms with Gasteiger partial charge in [-0.1, -0.05) is 6.92 Å². The predicted molar refractivity (Wildman–Crippen MR) is 84.3 cm³/mol. The monoisotopic (exact) mass is 275 g/mol. The van der Waals surface area contributed by atoms with Crippen molar-refractivity contribution in [2.75, 3.05) is 37.4 Å². The molecule has 1 amide bonds. The van der Waals surface area contributed by atoms with Crippen molar-refractivity contribution in [1.82, 2.24) is 5.32 Å². The van der Waals surface area contributed by atoms with Crippen LogP contribution < -0.4 is 15.5 Å². The van der Waals surface area contributed by atoms with Gasteiger partial charge in [0.2, 0.25) is 5.91 Å². The van der Waals surface area contributed by atoms with Crippen LogP contribution in [0.25, 0.3) is 0 Å². The number of carbonyl (C=O) groups is 1. The van der Waals surface area contributed by atoms with Crippen molar-refractivity contribution in [3.63, 3.8) is 0 Å². The van der Waals surface area contributed by atoms with Gasteiger partial charge in [0.25, 0.3) is 0 Å². The Kier molecular flexibility index (Phi) is 4.33. The van der Waals surface area contributed by atoms with Crippen LogP contribution in [0.1, 0.15) is 25.3 Å². The smallest absolute Gasteiger partial charge is 0.231 e. The highest BCUT2D eigenvalue weighted by atomic mass is 16.2. The summed E-state index contributed by atoms with van der Waals surface area (Å²) < 4.78 is 0. The largest absolute Gasteiger partial charge is 0.378 e. The van der Waals surface area contributed by atoms with E-state index < -0.39 is 0 Å². The first-order chi connectivity index (χ1) is 9.48. The highest BCUT2D eigenvalue weighted by molar-refractivity contribution is 5.96. The summed E-state index contributed by atoms with van der Waals surface area (Å²) in [7, 11) is 4.03. The Balaban J connectivity index is 2.15. The minimum atomic E-state index is -0.243. The Hall–Kier alpha value is -1.55. The van der Waals surface area contributed by atoms with Crippen LogP contribution in [-0.2, 0) is 4.79 Å². The summed E-state index contributed by atoms with van der Waals surface area (Å²) in [5.74, 6) is 0.144. The topological polar surface area (TPSA) is 44.4 Å². The number of benzene rings is 1. The fourth-order valence-electron chi connectivity index (χ4n) is 2.72. The van der Waals surface area contributed by atoms with Crippen LogP contribution in [0.5, 0.6) is 0 Å². The van der Waals surface area contributed by atoms with Crippen LogP contribution in [0.15, 0.2) is 18.2 Å². The summed E-state index contributed by atoms with van der Waals surface area (Å²) in [6.07, 6.45) is 1.80. The first-order valence-corrected chi connectivity index (χ1v) is 7.29. The molecule has 1 atom stereocenters. The fourth-order valence-corrected chi connectivity index (χ4v) is 2.72. The zero-order valence-corrected chi connectivity index (χ0v) is 12.9. The Bertz CT molecular complexity index is 490. The molecule has 1 fully saturated rings. The van der Waals surface area contributed by atoms with E-state index in [0.29, 0.717) is 0 Å². The molecule has 1 aromatic carbocycles. The molecule has 1 aromatic rings. The summed E-state index contributed by atoms with van der Waals surface area (Å²) in [6.45, 7) is 5.84. The molecule has 1 aliphatic rings. The van der Waals surface area contributed by atoms with Crippen LogP contribution >= 0.6 is 0 Å². The van der Waals surface area contributed by atoms with Gasteiger partial charge in [-0.3, -0.25) is 4.79 Å². The van der Waals surface area contributed by atoms with E-state index in [0.717, 1.165) is 42.9 Å². The van der Waals surface area contributed by atoms with Gasteiger partial charge in [-0.15, -0.1) is 0 Å². The summed E-state index contributed by atoms with van der Waals surface area (Å²) in [4.78, 5) is 14.6. The van der Waals surface area contributed by atoms with E-state index in [9.17, 15) is 4.79 Å². The number of nitrogens with one attached hydrogen (secondary N) is 2. The average Bonchev–Trinajstić information content (AvgIpc) is 2.90. The fraction of sp³-hybridized carbons (Fsp3) is 0.562. The molecule has 0 spiro atoms. The van der Waals surface area contributed by atoms with Gasteiger partial charge in [-0.25, -0.2) is 0 Å². The van der Waals surface area contributed by atoms with Crippen LogP contribution in [0, 0.1) is 12.3 Å². The molecule has 2 N–H and O–H groups in total. The van der Waals surface area contributed by atoms with E-state index in [1.807, 2.05) is 33.2 Å². The van der Waals surface area contributed by atoms with Crippen molar-refractivity contribution >= 4 is 17.3 Å². The molecule has 0 bridgehead atoms.